The average Bonchev–Trinajstić information content (AvgIpc) is 2.47. The largest absolute Gasteiger partial charge is 0.0843 e. The van der Waals surface area contributed by atoms with Crippen molar-refractivity contribution in [2.24, 2.45) is 0 Å². The Hall–Kier alpha value is -1.27. The van der Waals surface area contributed by atoms with Gasteiger partial charge in [-0.1, -0.05) is 74.3 Å². The molecular formula is C18H20Cl. The van der Waals surface area contributed by atoms with Crippen molar-refractivity contribution in [3.05, 3.63) is 77.7 Å². The highest BCUT2D eigenvalue weighted by Gasteiger charge is 2.31. The third-order valence-electron chi connectivity index (χ3n) is 3.83. The van der Waals surface area contributed by atoms with Crippen molar-refractivity contribution in [2.75, 3.05) is 0 Å². The van der Waals surface area contributed by atoms with Crippen molar-refractivity contribution in [1.29, 1.82) is 0 Å². The van der Waals surface area contributed by atoms with E-state index in [1.54, 1.807) is 0 Å². The lowest BCUT2D eigenvalue weighted by Crippen LogP contribution is -2.26. The lowest BCUT2D eigenvalue weighted by molar-refractivity contribution is 0.469. The SMILES string of the molecule is [CH2]CC(CCC)(c1ccccc1)c1ccc(Cl)cc1. The van der Waals surface area contributed by atoms with Gasteiger partial charge in [0.25, 0.3) is 0 Å². The van der Waals surface area contributed by atoms with Crippen molar-refractivity contribution < 1.29 is 0 Å². The minimum absolute atomic E-state index is 0.000594. The first-order valence-electron chi connectivity index (χ1n) is 6.84. The van der Waals surface area contributed by atoms with E-state index in [0.29, 0.717) is 0 Å². The zero-order chi connectivity index (χ0) is 13.7. The van der Waals surface area contributed by atoms with Crippen LogP contribution in [-0.4, -0.2) is 0 Å². The fourth-order valence-electron chi connectivity index (χ4n) is 2.82. The maximum atomic E-state index is 6.01. The summed E-state index contributed by atoms with van der Waals surface area (Å²) in [5, 5.41) is 0.784. The van der Waals surface area contributed by atoms with Gasteiger partial charge in [0.1, 0.15) is 0 Å². The fraction of sp³-hybridized carbons (Fsp3) is 0.278. The summed E-state index contributed by atoms with van der Waals surface area (Å²) in [5.41, 5.74) is 2.65. The molecule has 99 valence electrons. The average molecular weight is 272 g/mol. The molecule has 0 N–H and O–H groups in total. The van der Waals surface area contributed by atoms with E-state index in [4.69, 9.17) is 11.6 Å². The number of rotatable bonds is 5. The van der Waals surface area contributed by atoms with Gasteiger partial charge in [0.15, 0.2) is 0 Å². The Morgan fingerprint density at radius 3 is 2.05 bits per heavy atom. The fourth-order valence-corrected chi connectivity index (χ4v) is 2.95. The second-order valence-corrected chi connectivity index (χ2v) is 5.39. The molecule has 0 aliphatic heterocycles. The van der Waals surface area contributed by atoms with Crippen LogP contribution in [0, 0.1) is 6.92 Å². The van der Waals surface area contributed by atoms with E-state index in [1.807, 2.05) is 12.1 Å². The molecule has 0 nitrogen and oxygen atoms in total. The Morgan fingerprint density at radius 1 is 0.947 bits per heavy atom. The Kier molecular flexibility index (Phi) is 4.66. The molecule has 19 heavy (non-hydrogen) atoms. The van der Waals surface area contributed by atoms with Gasteiger partial charge in [-0.25, -0.2) is 0 Å². The highest BCUT2D eigenvalue weighted by atomic mass is 35.5. The number of hydrogen-bond donors (Lipinski definition) is 0. The predicted molar refractivity (Wildman–Crippen MR) is 83.6 cm³/mol. The highest BCUT2D eigenvalue weighted by molar-refractivity contribution is 6.30. The summed E-state index contributed by atoms with van der Waals surface area (Å²) in [4.78, 5) is 0. The minimum Gasteiger partial charge on any atom is -0.0843 e. The topological polar surface area (TPSA) is 0 Å². The van der Waals surface area contributed by atoms with E-state index in [9.17, 15) is 0 Å². The molecule has 0 aliphatic carbocycles. The van der Waals surface area contributed by atoms with E-state index in [1.165, 1.54) is 11.1 Å². The lowest BCUT2D eigenvalue weighted by atomic mass is 9.69. The molecule has 0 bridgehead atoms. The summed E-state index contributed by atoms with van der Waals surface area (Å²) < 4.78 is 0. The molecule has 0 fully saturated rings. The Bertz CT molecular complexity index is 501. The molecular weight excluding hydrogens is 252 g/mol. The van der Waals surface area contributed by atoms with Crippen molar-refractivity contribution in [2.45, 2.75) is 31.6 Å². The molecule has 0 aliphatic rings. The van der Waals surface area contributed by atoms with Crippen LogP contribution in [0.15, 0.2) is 54.6 Å². The van der Waals surface area contributed by atoms with E-state index in [0.717, 1.165) is 24.3 Å². The van der Waals surface area contributed by atoms with Crippen LogP contribution >= 0.6 is 11.6 Å². The summed E-state index contributed by atoms with van der Waals surface area (Å²) in [6.45, 7) is 6.44. The normalized spacial score (nSPS) is 14.1. The molecule has 2 aromatic rings. The molecule has 0 saturated carbocycles. The van der Waals surface area contributed by atoms with Crippen LogP contribution in [0.2, 0.25) is 5.02 Å². The summed E-state index contributed by atoms with van der Waals surface area (Å²) in [6.07, 6.45) is 3.08. The Labute approximate surface area is 121 Å². The molecule has 0 saturated heterocycles. The van der Waals surface area contributed by atoms with Gasteiger partial charge in [-0.15, -0.1) is 0 Å². The van der Waals surface area contributed by atoms with Gasteiger partial charge in [-0.05, 0) is 36.1 Å². The third kappa shape index (κ3) is 2.84. The van der Waals surface area contributed by atoms with Gasteiger partial charge in [0.2, 0.25) is 0 Å². The van der Waals surface area contributed by atoms with Crippen LogP contribution in [0.4, 0.5) is 0 Å². The van der Waals surface area contributed by atoms with E-state index >= 15 is 0 Å². The Morgan fingerprint density at radius 2 is 1.53 bits per heavy atom. The first-order chi connectivity index (χ1) is 9.23. The van der Waals surface area contributed by atoms with Gasteiger partial charge in [-0.3, -0.25) is 0 Å². The molecule has 2 aromatic carbocycles. The molecule has 1 radical (unpaired) electrons. The van der Waals surface area contributed by atoms with Crippen LogP contribution in [0.25, 0.3) is 0 Å². The van der Waals surface area contributed by atoms with Crippen molar-refractivity contribution >= 4 is 11.6 Å². The van der Waals surface area contributed by atoms with Gasteiger partial charge in [0.05, 0.1) is 0 Å². The van der Waals surface area contributed by atoms with Gasteiger partial charge in [0, 0.05) is 10.4 Å². The molecule has 1 atom stereocenters. The van der Waals surface area contributed by atoms with Crippen LogP contribution in [0.3, 0.4) is 0 Å². The van der Waals surface area contributed by atoms with Crippen molar-refractivity contribution in [3.8, 4) is 0 Å². The summed E-state index contributed by atoms with van der Waals surface area (Å²) in [6, 6.07) is 18.9. The summed E-state index contributed by atoms with van der Waals surface area (Å²) in [5.74, 6) is 0. The van der Waals surface area contributed by atoms with Crippen LogP contribution < -0.4 is 0 Å². The smallest absolute Gasteiger partial charge is 0.0406 e. The van der Waals surface area contributed by atoms with Crippen molar-refractivity contribution in [3.63, 3.8) is 0 Å². The van der Waals surface area contributed by atoms with Crippen LogP contribution in [0.5, 0.6) is 0 Å². The monoisotopic (exact) mass is 271 g/mol. The summed E-state index contributed by atoms with van der Waals surface area (Å²) in [7, 11) is 0. The van der Waals surface area contributed by atoms with E-state index < -0.39 is 0 Å². The van der Waals surface area contributed by atoms with Gasteiger partial charge >= 0.3 is 0 Å². The number of halogens is 1. The third-order valence-corrected chi connectivity index (χ3v) is 4.08. The minimum atomic E-state index is 0.000594. The lowest BCUT2D eigenvalue weighted by Gasteiger charge is -2.34. The van der Waals surface area contributed by atoms with E-state index in [2.05, 4.69) is 56.3 Å². The molecule has 1 heteroatoms. The molecule has 2 rings (SSSR count). The van der Waals surface area contributed by atoms with Gasteiger partial charge in [-0.2, -0.15) is 0 Å². The quantitative estimate of drug-likeness (QED) is 0.659. The van der Waals surface area contributed by atoms with E-state index in [-0.39, 0.29) is 5.41 Å². The zero-order valence-electron chi connectivity index (χ0n) is 11.4. The zero-order valence-corrected chi connectivity index (χ0v) is 12.2. The summed E-state index contributed by atoms with van der Waals surface area (Å²) >= 11 is 6.01. The molecule has 0 spiro atoms. The maximum absolute atomic E-state index is 6.01. The number of benzene rings is 2. The second kappa shape index (κ2) is 6.25. The maximum Gasteiger partial charge on any atom is 0.0406 e. The molecule has 1 unspecified atom stereocenters. The van der Waals surface area contributed by atoms with Gasteiger partial charge < -0.3 is 0 Å². The first kappa shape index (κ1) is 14.1. The molecule has 0 amide bonds. The number of hydrogen-bond acceptors (Lipinski definition) is 0. The Balaban J connectivity index is 2.54. The van der Waals surface area contributed by atoms with Crippen LogP contribution in [-0.2, 0) is 5.41 Å². The molecule has 0 aromatic heterocycles. The highest BCUT2D eigenvalue weighted by Crippen LogP contribution is 2.39. The van der Waals surface area contributed by atoms with Crippen LogP contribution in [0.1, 0.15) is 37.3 Å². The molecule has 0 heterocycles. The predicted octanol–water partition coefficient (Wildman–Crippen LogP) is 5.65. The van der Waals surface area contributed by atoms with Crippen molar-refractivity contribution in [1.82, 2.24) is 0 Å². The second-order valence-electron chi connectivity index (χ2n) is 4.96. The first-order valence-corrected chi connectivity index (χ1v) is 7.21. The standard InChI is InChI=1S/C18H20Cl/c1-3-14-18(4-2,15-8-6-5-7-9-15)16-10-12-17(19)13-11-16/h5-13H,2-4,14H2,1H3.